The largest absolute Gasteiger partial charge is 0.379 e. The summed E-state index contributed by atoms with van der Waals surface area (Å²) >= 11 is -5.37. The Labute approximate surface area is 360 Å². The summed E-state index contributed by atoms with van der Waals surface area (Å²) in [5.74, 6) is 1.99. The van der Waals surface area contributed by atoms with Gasteiger partial charge in [-0.25, -0.2) is 0 Å². The molecule has 4 heterocycles. The van der Waals surface area contributed by atoms with Crippen molar-refractivity contribution in [3.63, 3.8) is 0 Å². The smallest absolute Gasteiger partial charge is 0.357 e. The van der Waals surface area contributed by atoms with Gasteiger partial charge < -0.3 is 48.9 Å². The maximum atomic E-state index is 12.0. The third kappa shape index (κ3) is 11.5. The summed E-state index contributed by atoms with van der Waals surface area (Å²) in [4.78, 5) is 31.7. The summed E-state index contributed by atoms with van der Waals surface area (Å²) in [6.45, 7) is 4.50. The van der Waals surface area contributed by atoms with Gasteiger partial charge in [-0.15, -0.1) is 0 Å². The molecule has 2 atom stereocenters. The molecule has 2 saturated heterocycles. The Kier molecular flexibility index (Phi) is 13.6. The van der Waals surface area contributed by atoms with Crippen LogP contribution in [-0.4, -0.2) is 100 Å². The highest BCUT2D eigenvalue weighted by Crippen LogP contribution is 2.32. The first-order chi connectivity index (χ1) is 30.3. The second-order valence-corrected chi connectivity index (χ2v) is 14.6. The second kappa shape index (κ2) is 20.2. The lowest BCUT2D eigenvalue weighted by atomic mass is 10.1. The van der Waals surface area contributed by atoms with Crippen molar-refractivity contribution < 1.29 is 35.4 Å². The lowest BCUT2D eigenvalue weighted by Gasteiger charge is -2.27. The molecule has 0 spiro atoms. The van der Waals surface area contributed by atoms with Crippen molar-refractivity contribution in [3.8, 4) is 11.5 Å². The van der Waals surface area contributed by atoms with Crippen molar-refractivity contribution in [1.82, 2.24) is 29.9 Å². The number of aromatic nitrogens is 6. The molecular formula is C40H40N12O8S2. The van der Waals surface area contributed by atoms with E-state index in [4.69, 9.17) is 17.8 Å². The molecule has 22 heteroatoms. The minimum atomic E-state index is -2.68. The van der Waals surface area contributed by atoms with Crippen LogP contribution in [0.4, 0.5) is 58.4 Å². The lowest BCUT2D eigenvalue weighted by molar-refractivity contribution is 0.122. The predicted molar refractivity (Wildman–Crippen MR) is 236 cm³/mol. The number of hydrogen-bond acceptors (Lipinski definition) is 18. The van der Waals surface area contributed by atoms with Crippen LogP contribution in [0.1, 0.15) is 11.1 Å². The minimum absolute atomic E-state index is 0.0366. The summed E-state index contributed by atoms with van der Waals surface area (Å²) in [6.07, 6.45) is 3.20. The fraction of sp³-hybridized carbons (Fsp3) is 0.200. The van der Waals surface area contributed by atoms with Crippen molar-refractivity contribution >= 4 is 93.3 Å². The van der Waals surface area contributed by atoms with Gasteiger partial charge in [-0.3, -0.25) is 9.11 Å². The Morgan fingerprint density at radius 3 is 1.21 bits per heavy atom. The molecule has 0 saturated carbocycles. The summed E-state index contributed by atoms with van der Waals surface area (Å²) in [6, 6.07) is 28.7. The maximum Gasteiger partial charge on any atom is 0.357 e. The van der Waals surface area contributed by atoms with E-state index in [1.807, 2.05) is 70.5 Å². The Balaban J connectivity index is 1.05. The average molecular weight is 881 g/mol. The van der Waals surface area contributed by atoms with Gasteiger partial charge in [-0.1, -0.05) is 48.6 Å². The molecule has 0 bridgehead atoms. The first-order valence-electron chi connectivity index (χ1n) is 19.2. The van der Waals surface area contributed by atoms with Crippen molar-refractivity contribution in [2.24, 2.45) is 0 Å². The van der Waals surface area contributed by atoms with E-state index >= 15 is 0 Å². The maximum absolute atomic E-state index is 12.0. The van der Waals surface area contributed by atoms with Gasteiger partial charge in [0, 0.05) is 72.2 Å². The molecule has 20 nitrogen and oxygen atoms in total. The van der Waals surface area contributed by atoms with E-state index in [1.165, 1.54) is 12.1 Å². The summed E-state index contributed by atoms with van der Waals surface area (Å²) in [7, 11) is 0. The standard InChI is InChI=1S/C40H40N12O8S2/c53-61(54)59-33-25-31(43-37-45-35(41-29-7-3-1-4-8-29)47-39(49-37)51-17-21-57-22-18-51)15-13-27(33)11-12-28-14-16-32(26-34(28)60-62(55)56)44-38-46-36(42-30-9-5-2-6-10-30)48-40(50-38)52-19-23-58-24-20-52/h1-16,25-26H,17-24H2,(H,53,54)(H,55,56)(H2,41,43,45,47,49)(H2,42,44,46,48,50)/b12-11+. The van der Waals surface area contributed by atoms with Crippen LogP contribution in [0, 0.1) is 0 Å². The van der Waals surface area contributed by atoms with E-state index in [9.17, 15) is 17.5 Å². The summed E-state index contributed by atoms with van der Waals surface area (Å²) < 4.78 is 65.1. The van der Waals surface area contributed by atoms with Crippen LogP contribution in [-0.2, 0) is 32.2 Å². The topological polar surface area (TPSA) is 243 Å². The van der Waals surface area contributed by atoms with Crippen LogP contribution >= 0.6 is 0 Å². The third-order valence-electron chi connectivity index (χ3n) is 9.20. The highest BCUT2D eigenvalue weighted by molar-refractivity contribution is 7.74. The number of anilines is 10. The van der Waals surface area contributed by atoms with Gasteiger partial charge in [0.05, 0.1) is 26.4 Å². The number of para-hydroxylation sites is 2. The lowest BCUT2D eigenvalue weighted by Crippen LogP contribution is -2.37. The Hall–Kier alpha value is -6.82. The summed E-state index contributed by atoms with van der Waals surface area (Å²) in [5, 5.41) is 12.7. The average Bonchev–Trinajstić information content (AvgIpc) is 3.27. The SMILES string of the molecule is O=S(O)Oc1cc(Nc2nc(Nc3ccccc3)nc(N3CCOCC3)n2)ccc1/C=C/c1ccc(Nc2nc(Nc3ccccc3)nc(N3CCOCC3)n2)cc1OS(=O)O. The molecule has 8 rings (SSSR count). The number of rotatable bonds is 16. The van der Waals surface area contributed by atoms with Crippen molar-refractivity contribution in [3.05, 3.63) is 108 Å². The molecule has 0 amide bonds. The number of ether oxygens (including phenoxy) is 2. The van der Waals surface area contributed by atoms with E-state index in [1.54, 1.807) is 36.4 Å². The van der Waals surface area contributed by atoms with E-state index < -0.39 is 22.7 Å². The first kappa shape index (κ1) is 41.9. The van der Waals surface area contributed by atoms with Gasteiger partial charge in [-0.2, -0.15) is 38.3 Å². The molecular weight excluding hydrogens is 841 g/mol. The fourth-order valence-corrected chi connectivity index (χ4v) is 6.90. The molecule has 0 aliphatic carbocycles. The highest BCUT2D eigenvalue weighted by Gasteiger charge is 2.20. The molecule has 2 fully saturated rings. The van der Waals surface area contributed by atoms with Gasteiger partial charge >= 0.3 is 22.7 Å². The van der Waals surface area contributed by atoms with Gasteiger partial charge in [0.25, 0.3) is 0 Å². The van der Waals surface area contributed by atoms with Crippen molar-refractivity contribution in [2.75, 3.05) is 83.7 Å². The Morgan fingerprint density at radius 2 is 0.855 bits per heavy atom. The highest BCUT2D eigenvalue weighted by atomic mass is 32.2. The van der Waals surface area contributed by atoms with E-state index in [-0.39, 0.29) is 23.4 Å². The van der Waals surface area contributed by atoms with Crippen LogP contribution in [0.2, 0.25) is 0 Å². The zero-order valence-electron chi connectivity index (χ0n) is 32.8. The Bertz CT molecular complexity index is 2380. The molecule has 62 heavy (non-hydrogen) atoms. The van der Waals surface area contributed by atoms with Crippen LogP contribution < -0.4 is 39.4 Å². The van der Waals surface area contributed by atoms with Gasteiger partial charge in [-0.05, 0) is 48.5 Å². The van der Waals surface area contributed by atoms with Gasteiger partial charge in [0.2, 0.25) is 35.7 Å². The first-order valence-corrected chi connectivity index (χ1v) is 21.3. The number of nitrogens with one attached hydrogen (secondary N) is 4. The molecule has 320 valence electrons. The van der Waals surface area contributed by atoms with E-state index in [2.05, 4.69) is 51.2 Å². The van der Waals surface area contributed by atoms with Crippen LogP contribution in [0.5, 0.6) is 11.5 Å². The Morgan fingerprint density at radius 1 is 0.500 bits per heavy atom. The molecule has 6 N–H and O–H groups in total. The van der Waals surface area contributed by atoms with Crippen LogP contribution in [0.3, 0.4) is 0 Å². The van der Waals surface area contributed by atoms with Crippen molar-refractivity contribution in [2.45, 2.75) is 0 Å². The molecule has 0 radical (unpaired) electrons. The predicted octanol–water partition coefficient (Wildman–Crippen LogP) is 5.91. The van der Waals surface area contributed by atoms with E-state index in [0.717, 1.165) is 11.4 Å². The molecule has 2 aromatic heterocycles. The minimum Gasteiger partial charge on any atom is -0.379 e. The molecule has 6 aromatic rings. The number of nitrogens with zero attached hydrogens (tertiary/aromatic N) is 8. The number of morpholine rings is 2. The fourth-order valence-electron chi connectivity index (χ4n) is 6.30. The zero-order chi connectivity index (χ0) is 42.7. The van der Waals surface area contributed by atoms with E-state index in [0.29, 0.717) is 98.9 Å². The van der Waals surface area contributed by atoms with Gasteiger partial charge in [0.1, 0.15) is 0 Å². The van der Waals surface area contributed by atoms with Gasteiger partial charge in [0.15, 0.2) is 11.5 Å². The van der Waals surface area contributed by atoms with Crippen LogP contribution in [0.15, 0.2) is 97.1 Å². The normalized spacial score (nSPS) is 15.1. The zero-order valence-corrected chi connectivity index (χ0v) is 34.4. The third-order valence-corrected chi connectivity index (χ3v) is 9.84. The molecule has 2 aliphatic rings. The molecule has 4 aromatic carbocycles. The van der Waals surface area contributed by atoms with Crippen LogP contribution in [0.25, 0.3) is 12.2 Å². The molecule has 2 unspecified atom stereocenters. The quantitative estimate of drug-likeness (QED) is 0.0489. The number of hydrogen-bond donors (Lipinski definition) is 6. The molecule has 2 aliphatic heterocycles. The summed E-state index contributed by atoms with van der Waals surface area (Å²) in [5.41, 5.74) is 3.25. The van der Waals surface area contributed by atoms with Crippen molar-refractivity contribution in [1.29, 1.82) is 0 Å². The monoisotopic (exact) mass is 880 g/mol. The second-order valence-electron chi connectivity index (χ2n) is 13.4. The number of benzene rings is 4.